The summed E-state index contributed by atoms with van der Waals surface area (Å²) in [6.07, 6.45) is 1.70. The van der Waals surface area contributed by atoms with Crippen molar-refractivity contribution in [3.8, 4) is 17.1 Å². The molecule has 7 heteroatoms. The van der Waals surface area contributed by atoms with Gasteiger partial charge in [-0.15, -0.1) is 11.3 Å². The summed E-state index contributed by atoms with van der Waals surface area (Å²) in [6.45, 7) is 3.45. The van der Waals surface area contributed by atoms with Crippen molar-refractivity contribution < 1.29 is 9.84 Å². The molecule has 1 fully saturated rings. The Kier molecular flexibility index (Phi) is 4.35. The molecule has 1 atom stereocenters. The molecule has 4 aromatic rings. The molecular formula is C20H22N4O2S. The third-order valence-corrected chi connectivity index (χ3v) is 6.07. The molecule has 1 saturated heterocycles. The number of nitrogens with one attached hydrogen (secondary N) is 2. The maximum absolute atomic E-state index is 9.57. The van der Waals surface area contributed by atoms with Crippen molar-refractivity contribution in [1.29, 1.82) is 0 Å². The lowest BCUT2D eigenvalue weighted by Gasteiger charge is -2.14. The number of benzene rings is 1. The molecule has 0 amide bonds. The van der Waals surface area contributed by atoms with E-state index < -0.39 is 0 Å². The Morgan fingerprint density at radius 2 is 2.22 bits per heavy atom. The number of likely N-dealkylation sites (tertiary alicyclic amines) is 1. The predicted molar refractivity (Wildman–Crippen MR) is 108 cm³/mol. The average Bonchev–Trinajstić information content (AvgIpc) is 3.41. The fourth-order valence-corrected chi connectivity index (χ4v) is 4.60. The first kappa shape index (κ1) is 16.8. The van der Waals surface area contributed by atoms with Gasteiger partial charge in [-0.3, -0.25) is 5.10 Å². The van der Waals surface area contributed by atoms with Gasteiger partial charge in [0.1, 0.15) is 11.4 Å². The van der Waals surface area contributed by atoms with E-state index in [0.29, 0.717) is 6.61 Å². The molecule has 3 N–H and O–H groups in total. The van der Waals surface area contributed by atoms with Gasteiger partial charge in [-0.25, -0.2) is 0 Å². The molecule has 0 spiro atoms. The third-order valence-electron chi connectivity index (χ3n) is 5.15. The summed E-state index contributed by atoms with van der Waals surface area (Å²) < 4.78 is 7.11. The first-order chi connectivity index (χ1) is 13.3. The maximum atomic E-state index is 9.57. The number of aromatic amines is 2. The first-order valence-electron chi connectivity index (χ1n) is 9.34. The van der Waals surface area contributed by atoms with E-state index in [1.807, 2.05) is 12.1 Å². The highest BCUT2D eigenvalue weighted by molar-refractivity contribution is 7.17. The second-order valence-electron chi connectivity index (χ2n) is 7.11. The molecular weight excluding hydrogens is 360 g/mol. The van der Waals surface area contributed by atoms with Crippen LogP contribution in [0.25, 0.3) is 32.5 Å². The number of H-pyrrole nitrogens is 2. The topological polar surface area (TPSA) is 77.2 Å². The number of aliphatic hydroxyl groups is 1. The van der Waals surface area contributed by atoms with Gasteiger partial charge >= 0.3 is 0 Å². The molecule has 0 bridgehead atoms. The molecule has 27 heavy (non-hydrogen) atoms. The van der Waals surface area contributed by atoms with Crippen molar-refractivity contribution in [2.75, 3.05) is 26.2 Å². The van der Waals surface area contributed by atoms with Crippen LogP contribution < -0.4 is 4.74 Å². The van der Waals surface area contributed by atoms with Crippen LogP contribution in [0.2, 0.25) is 0 Å². The Morgan fingerprint density at radius 3 is 3.11 bits per heavy atom. The summed E-state index contributed by atoms with van der Waals surface area (Å²) >= 11 is 1.69. The van der Waals surface area contributed by atoms with Crippen LogP contribution in [0.3, 0.4) is 0 Å². The molecule has 4 heterocycles. The van der Waals surface area contributed by atoms with E-state index >= 15 is 0 Å². The predicted octanol–water partition coefficient (Wildman–Crippen LogP) is 3.61. The van der Waals surface area contributed by atoms with Crippen LogP contribution in [0.1, 0.15) is 12.8 Å². The molecule has 1 unspecified atom stereocenters. The van der Waals surface area contributed by atoms with Gasteiger partial charge in [0.2, 0.25) is 0 Å². The molecule has 140 valence electrons. The van der Waals surface area contributed by atoms with E-state index in [-0.39, 0.29) is 6.10 Å². The number of β-amino-alcohol motifs (C(OH)–C–C–N with tert-alkyl or cyclic N) is 1. The molecule has 6 nitrogen and oxygen atoms in total. The zero-order valence-corrected chi connectivity index (χ0v) is 15.8. The number of aliphatic hydroxyl groups excluding tert-OH is 1. The van der Waals surface area contributed by atoms with Crippen molar-refractivity contribution in [3.05, 3.63) is 35.7 Å². The van der Waals surface area contributed by atoms with Crippen LogP contribution in [-0.2, 0) is 0 Å². The Balaban J connectivity index is 1.26. The zero-order valence-electron chi connectivity index (χ0n) is 14.9. The van der Waals surface area contributed by atoms with E-state index in [1.54, 1.807) is 11.3 Å². The second kappa shape index (κ2) is 6.99. The quantitative estimate of drug-likeness (QED) is 0.445. The number of ether oxygens (including phenoxy) is 1. The highest BCUT2D eigenvalue weighted by Crippen LogP contribution is 2.32. The molecule has 0 aliphatic carbocycles. The van der Waals surface area contributed by atoms with Crippen molar-refractivity contribution in [2.45, 2.75) is 18.9 Å². The number of nitrogens with zero attached hydrogens (tertiary/aromatic N) is 2. The highest BCUT2D eigenvalue weighted by Gasteiger charge is 2.19. The molecule has 3 aromatic heterocycles. The SMILES string of the molecule is OC1CCN(CCCOc2ccc3[nH]c(-c4n[nH]c5ccsc45)cc3c2)C1. The number of hydrogen-bond donors (Lipinski definition) is 3. The number of aromatic nitrogens is 3. The smallest absolute Gasteiger partial charge is 0.126 e. The van der Waals surface area contributed by atoms with Crippen LogP contribution in [0.5, 0.6) is 5.75 Å². The number of fused-ring (bicyclic) bond motifs is 2. The largest absolute Gasteiger partial charge is 0.494 e. The molecule has 0 radical (unpaired) electrons. The van der Waals surface area contributed by atoms with Gasteiger partial charge in [0.05, 0.1) is 28.6 Å². The lowest BCUT2D eigenvalue weighted by Crippen LogP contribution is -2.24. The van der Waals surface area contributed by atoms with E-state index in [2.05, 4.69) is 43.7 Å². The Morgan fingerprint density at radius 1 is 1.26 bits per heavy atom. The summed E-state index contributed by atoms with van der Waals surface area (Å²) in [4.78, 5) is 5.75. The van der Waals surface area contributed by atoms with Crippen LogP contribution in [0, 0.1) is 0 Å². The van der Waals surface area contributed by atoms with Crippen LogP contribution in [-0.4, -0.2) is 57.5 Å². The van der Waals surface area contributed by atoms with Gasteiger partial charge in [-0.05, 0) is 48.6 Å². The monoisotopic (exact) mass is 382 g/mol. The van der Waals surface area contributed by atoms with Crippen molar-refractivity contribution in [2.24, 2.45) is 0 Å². The summed E-state index contributed by atoms with van der Waals surface area (Å²) in [7, 11) is 0. The van der Waals surface area contributed by atoms with Crippen molar-refractivity contribution in [1.82, 2.24) is 20.1 Å². The minimum Gasteiger partial charge on any atom is -0.494 e. The summed E-state index contributed by atoms with van der Waals surface area (Å²) in [5.41, 5.74) is 4.13. The standard InChI is InChI=1S/C20H22N4O2S/c25-14-4-7-24(12-14)6-1-8-26-15-2-3-16-13(10-15)11-18(21-16)19-20-17(22-23-19)5-9-27-20/h2-3,5,9-11,14,21,25H,1,4,6-8,12H2,(H,22,23). The summed E-state index contributed by atoms with van der Waals surface area (Å²) in [6, 6.07) is 10.3. The van der Waals surface area contributed by atoms with E-state index in [9.17, 15) is 5.11 Å². The minimum atomic E-state index is -0.152. The highest BCUT2D eigenvalue weighted by atomic mass is 32.1. The van der Waals surface area contributed by atoms with E-state index in [0.717, 1.165) is 66.0 Å². The molecule has 1 aliphatic heterocycles. The zero-order chi connectivity index (χ0) is 18.2. The maximum Gasteiger partial charge on any atom is 0.126 e. The van der Waals surface area contributed by atoms with E-state index in [4.69, 9.17) is 4.74 Å². The molecule has 0 saturated carbocycles. The van der Waals surface area contributed by atoms with Gasteiger partial charge in [-0.2, -0.15) is 5.10 Å². The van der Waals surface area contributed by atoms with Crippen LogP contribution >= 0.6 is 11.3 Å². The number of hydrogen-bond acceptors (Lipinski definition) is 5. The lowest BCUT2D eigenvalue weighted by molar-refractivity contribution is 0.173. The minimum absolute atomic E-state index is 0.152. The Labute approximate surface area is 160 Å². The van der Waals surface area contributed by atoms with Gasteiger partial charge in [0.25, 0.3) is 0 Å². The lowest BCUT2D eigenvalue weighted by atomic mass is 10.2. The molecule has 1 aliphatic rings. The Bertz CT molecular complexity index is 1070. The fraction of sp³-hybridized carbons (Fsp3) is 0.350. The average molecular weight is 382 g/mol. The van der Waals surface area contributed by atoms with Gasteiger partial charge < -0.3 is 19.7 Å². The molecule has 1 aromatic carbocycles. The van der Waals surface area contributed by atoms with E-state index in [1.165, 1.54) is 4.70 Å². The van der Waals surface area contributed by atoms with Gasteiger partial charge in [0, 0.05) is 30.5 Å². The summed E-state index contributed by atoms with van der Waals surface area (Å²) in [5.74, 6) is 0.887. The van der Waals surface area contributed by atoms with Gasteiger partial charge in [-0.1, -0.05) is 0 Å². The second-order valence-corrected chi connectivity index (χ2v) is 8.03. The number of thiophene rings is 1. The van der Waals surface area contributed by atoms with Crippen molar-refractivity contribution in [3.63, 3.8) is 0 Å². The van der Waals surface area contributed by atoms with Crippen LogP contribution in [0.15, 0.2) is 35.7 Å². The fourth-order valence-electron chi connectivity index (χ4n) is 3.75. The first-order valence-corrected chi connectivity index (χ1v) is 10.2. The molecule has 5 rings (SSSR count). The summed E-state index contributed by atoms with van der Waals surface area (Å²) in [5, 5.41) is 20.3. The Hall–Kier alpha value is -2.35. The van der Waals surface area contributed by atoms with Gasteiger partial charge in [0.15, 0.2) is 0 Å². The van der Waals surface area contributed by atoms with Crippen LogP contribution in [0.4, 0.5) is 0 Å². The number of rotatable bonds is 6. The normalized spacial score (nSPS) is 18.0. The third kappa shape index (κ3) is 3.34. The van der Waals surface area contributed by atoms with Crippen molar-refractivity contribution >= 4 is 32.5 Å².